The zero-order chi connectivity index (χ0) is 20.3. The van der Waals surface area contributed by atoms with Gasteiger partial charge in [0, 0.05) is 32.0 Å². The molecule has 2 aliphatic rings. The van der Waals surface area contributed by atoms with Crippen LogP contribution in [0.4, 0.5) is 0 Å². The lowest BCUT2D eigenvalue weighted by molar-refractivity contribution is -0.129. The molecule has 0 aliphatic carbocycles. The first-order chi connectivity index (χ1) is 14.8. The summed E-state index contributed by atoms with van der Waals surface area (Å²) in [5, 5.41) is 0. The van der Waals surface area contributed by atoms with Gasteiger partial charge >= 0.3 is 0 Å². The van der Waals surface area contributed by atoms with Gasteiger partial charge in [-0.2, -0.15) is 0 Å². The predicted molar refractivity (Wildman–Crippen MR) is 115 cm³/mol. The van der Waals surface area contributed by atoms with Crippen LogP contribution in [0.5, 0.6) is 5.75 Å². The molecule has 0 unspecified atom stereocenters. The molecule has 2 saturated heterocycles. The molecule has 2 aliphatic heterocycles. The van der Waals surface area contributed by atoms with Gasteiger partial charge in [-0.25, -0.2) is 4.98 Å². The molecule has 6 nitrogen and oxygen atoms in total. The van der Waals surface area contributed by atoms with Gasteiger partial charge in [0.2, 0.25) is 5.91 Å². The Bertz CT molecular complexity index is 1010. The number of hydrogen-bond donors (Lipinski definition) is 0. The van der Waals surface area contributed by atoms with Gasteiger partial charge in [0.1, 0.15) is 18.2 Å². The number of likely N-dealkylation sites (tertiary alicyclic amines) is 1. The van der Waals surface area contributed by atoms with Crippen LogP contribution in [0.2, 0.25) is 0 Å². The van der Waals surface area contributed by atoms with E-state index in [0.29, 0.717) is 32.7 Å². The van der Waals surface area contributed by atoms with Crippen LogP contribution >= 0.6 is 0 Å². The summed E-state index contributed by atoms with van der Waals surface area (Å²) in [4.78, 5) is 19.6. The van der Waals surface area contributed by atoms with Crippen molar-refractivity contribution in [3.63, 3.8) is 0 Å². The van der Waals surface area contributed by atoms with Crippen LogP contribution in [0.1, 0.15) is 31.0 Å². The molecule has 5 rings (SSSR count). The molecule has 156 valence electrons. The van der Waals surface area contributed by atoms with Crippen molar-refractivity contribution in [3.8, 4) is 5.75 Å². The molecule has 3 heterocycles. The maximum absolute atomic E-state index is 12.7. The molecule has 2 aromatic carbocycles. The summed E-state index contributed by atoms with van der Waals surface area (Å²) in [6.45, 7) is 3.47. The van der Waals surface area contributed by atoms with E-state index in [9.17, 15) is 4.79 Å². The summed E-state index contributed by atoms with van der Waals surface area (Å²) < 4.78 is 13.9. The van der Waals surface area contributed by atoms with Crippen LogP contribution in [0.3, 0.4) is 0 Å². The van der Waals surface area contributed by atoms with E-state index < -0.39 is 0 Å². The fourth-order valence-electron chi connectivity index (χ4n) is 4.57. The maximum atomic E-state index is 12.7. The van der Waals surface area contributed by atoms with Crippen molar-refractivity contribution in [2.75, 3.05) is 26.3 Å². The second kappa shape index (κ2) is 8.48. The van der Waals surface area contributed by atoms with E-state index in [0.717, 1.165) is 42.1 Å². The van der Waals surface area contributed by atoms with Gasteiger partial charge in [-0.05, 0) is 37.1 Å². The van der Waals surface area contributed by atoms with Crippen molar-refractivity contribution in [3.05, 3.63) is 60.4 Å². The SMILES string of the molecule is O=C1C[C@H](c2nc3ccccc3n2CCOc2ccccc2)CN1C[C@H]1CCCO1. The van der Waals surface area contributed by atoms with E-state index in [1.807, 2.05) is 53.4 Å². The molecule has 3 aromatic rings. The molecule has 0 bridgehead atoms. The van der Waals surface area contributed by atoms with E-state index in [1.165, 1.54) is 0 Å². The quantitative estimate of drug-likeness (QED) is 0.603. The lowest BCUT2D eigenvalue weighted by atomic mass is 10.1. The summed E-state index contributed by atoms with van der Waals surface area (Å²) in [6, 6.07) is 18.0. The van der Waals surface area contributed by atoms with Crippen molar-refractivity contribution >= 4 is 16.9 Å². The lowest BCUT2D eigenvalue weighted by Crippen LogP contribution is -2.33. The summed E-state index contributed by atoms with van der Waals surface area (Å²) in [6.07, 6.45) is 2.83. The second-order valence-corrected chi connectivity index (χ2v) is 8.11. The van der Waals surface area contributed by atoms with Gasteiger partial charge in [-0.3, -0.25) is 4.79 Å². The molecular weight excluding hydrogens is 378 g/mol. The van der Waals surface area contributed by atoms with Gasteiger partial charge in [-0.15, -0.1) is 0 Å². The third-order valence-electron chi connectivity index (χ3n) is 6.04. The highest BCUT2D eigenvalue weighted by atomic mass is 16.5. The summed E-state index contributed by atoms with van der Waals surface area (Å²) in [5.74, 6) is 2.15. The molecule has 1 amide bonds. The number of carbonyl (C=O) groups is 1. The Balaban J connectivity index is 1.34. The average molecular weight is 405 g/mol. The zero-order valence-corrected chi connectivity index (χ0v) is 17.1. The van der Waals surface area contributed by atoms with Crippen LogP contribution in [0.15, 0.2) is 54.6 Å². The monoisotopic (exact) mass is 405 g/mol. The Morgan fingerprint density at radius 3 is 2.77 bits per heavy atom. The average Bonchev–Trinajstić information content (AvgIpc) is 3.49. The van der Waals surface area contributed by atoms with Crippen molar-refractivity contribution < 1.29 is 14.3 Å². The Kier molecular flexibility index (Phi) is 5.41. The number of nitrogens with zero attached hydrogens (tertiary/aromatic N) is 3. The van der Waals surface area contributed by atoms with Gasteiger partial charge < -0.3 is 18.9 Å². The van der Waals surface area contributed by atoms with Crippen molar-refractivity contribution in [2.45, 2.75) is 37.8 Å². The molecule has 6 heteroatoms. The lowest BCUT2D eigenvalue weighted by Gasteiger charge is -2.20. The molecule has 0 N–H and O–H groups in total. The summed E-state index contributed by atoms with van der Waals surface area (Å²) >= 11 is 0. The van der Waals surface area contributed by atoms with E-state index in [-0.39, 0.29) is 17.9 Å². The van der Waals surface area contributed by atoms with Gasteiger partial charge in [0.25, 0.3) is 0 Å². The van der Waals surface area contributed by atoms with Crippen molar-refractivity contribution in [1.82, 2.24) is 14.5 Å². The number of fused-ring (bicyclic) bond motifs is 1. The van der Waals surface area contributed by atoms with Crippen LogP contribution in [-0.4, -0.2) is 52.8 Å². The van der Waals surface area contributed by atoms with E-state index in [2.05, 4.69) is 10.6 Å². The third-order valence-corrected chi connectivity index (χ3v) is 6.04. The topological polar surface area (TPSA) is 56.6 Å². The van der Waals surface area contributed by atoms with Crippen molar-refractivity contribution in [2.24, 2.45) is 0 Å². The summed E-state index contributed by atoms with van der Waals surface area (Å²) in [7, 11) is 0. The minimum Gasteiger partial charge on any atom is -0.492 e. The van der Waals surface area contributed by atoms with E-state index in [1.54, 1.807) is 0 Å². The van der Waals surface area contributed by atoms with Gasteiger partial charge in [-0.1, -0.05) is 30.3 Å². The first-order valence-electron chi connectivity index (χ1n) is 10.8. The predicted octanol–water partition coefficient (Wildman–Crippen LogP) is 3.61. The normalized spacial score (nSPS) is 21.6. The number of benzene rings is 2. The number of amides is 1. The van der Waals surface area contributed by atoms with Crippen molar-refractivity contribution in [1.29, 1.82) is 0 Å². The molecule has 2 fully saturated rings. The highest BCUT2D eigenvalue weighted by molar-refractivity contribution is 5.81. The van der Waals surface area contributed by atoms with E-state index >= 15 is 0 Å². The standard InChI is InChI=1S/C24H27N3O3/c28-23-15-18(16-26(23)17-20-9-6-13-29-20)24-25-21-10-4-5-11-22(21)27(24)12-14-30-19-7-2-1-3-8-19/h1-5,7-8,10-11,18,20H,6,9,12-17H2/t18-,20+/m0/s1. The highest BCUT2D eigenvalue weighted by Crippen LogP contribution is 2.31. The number of hydrogen-bond acceptors (Lipinski definition) is 4. The van der Waals surface area contributed by atoms with Crippen LogP contribution in [-0.2, 0) is 16.1 Å². The molecule has 0 saturated carbocycles. The molecular formula is C24H27N3O3. The second-order valence-electron chi connectivity index (χ2n) is 8.11. The molecule has 2 atom stereocenters. The minimum absolute atomic E-state index is 0.100. The third kappa shape index (κ3) is 3.92. The number of para-hydroxylation sites is 3. The Hall–Kier alpha value is -2.86. The highest BCUT2D eigenvalue weighted by Gasteiger charge is 2.35. The van der Waals surface area contributed by atoms with E-state index in [4.69, 9.17) is 14.5 Å². The van der Waals surface area contributed by atoms with Crippen LogP contribution in [0.25, 0.3) is 11.0 Å². The Labute approximate surface area is 176 Å². The molecule has 1 aromatic heterocycles. The zero-order valence-electron chi connectivity index (χ0n) is 17.1. The largest absolute Gasteiger partial charge is 0.492 e. The van der Waals surface area contributed by atoms with Gasteiger partial charge in [0.15, 0.2) is 0 Å². The number of rotatable bonds is 7. The number of ether oxygens (including phenoxy) is 2. The molecule has 0 radical (unpaired) electrons. The van der Waals surface area contributed by atoms with Crippen LogP contribution < -0.4 is 4.74 Å². The van der Waals surface area contributed by atoms with Gasteiger partial charge in [0.05, 0.1) is 23.7 Å². The first-order valence-corrected chi connectivity index (χ1v) is 10.8. The minimum atomic E-state index is 0.100. The first kappa shape index (κ1) is 19.1. The fourth-order valence-corrected chi connectivity index (χ4v) is 4.57. The van der Waals surface area contributed by atoms with Crippen LogP contribution in [0, 0.1) is 0 Å². The number of aromatic nitrogens is 2. The Morgan fingerprint density at radius 2 is 1.93 bits per heavy atom. The summed E-state index contributed by atoms with van der Waals surface area (Å²) in [5.41, 5.74) is 2.06. The number of imidazole rings is 1. The fraction of sp³-hybridized carbons (Fsp3) is 0.417. The maximum Gasteiger partial charge on any atom is 0.223 e. The molecule has 0 spiro atoms. The number of carbonyl (C=O) groups excluding carboxylic acids is 1. The smallest absolute Gasteiger partial charge is 0.223 e. The molecule has 30 heavy (non-hydrogen) atoms. The Morgan fingerprint density at radius 1 is 1.10 bits per heavy atom.